The molecule has 3 aromatic rings. The normalized spacial score (nSPS) is 11.2. The van der Waals surface area contributed by atoms with Gasteiger partial charge in [-0.3, -0.25) is 0 Å². The van der Waals surface area contributed by atoms with E-state index in [1.165, 1.54) is 20.9 Å². The molecule has 0 unspecified atom stereocenters. The van der Waals surface area contributed by atoms with Gasteiger partial charge in [0.05, 0.1) is 0 Å². The van der Waals surface area contributed by atoms with Crippen molar-refractivity contribution in [3.8, 4) is 0 Å². The standard InChI is InChI=1S/C13H9S.ClHO4/c1-2-6-11-10(5-1)9-14-13-8-4-3-7-12(11)13;2-1(3,4)5/h1-9H;(H,2,3,4,5)/q+1;/p-1. The Kier molecular flexibility index (Phi) is 4.26. The summed E-state index contributed by atoms with van der Waals surface area (Å²) < 4.78 is 35.3. The molecule has 0 amide bonds. The lowest BCUT2D eigenvalue weighted by molar-refractivity contribution is -2.00. The summed E-state index contributed by atoms with van der Waals surface area (Å²) in [5.74, 6) is 0. The third-order valence-electron chi connectivity index (χ3n) is 2.45. The minimum atomic E-state index is -4.94. The second-order valence-electron chi connectivity index (χ2n) is 3.70. The predicted molar refractivity (Wildman–Crippen MR) is 63.7 cm³/mol. The molecule has 6 heteroatoms. The summed E-state index contributed by atoms with van der Waals surface area (Å²) in [6, 6.07) is 17.1. The summed E-state index contributed by atoms with van der Waals surface area (Å²) in [6.45, 7) is 0. The first-order valence-electron chi connectivity index (χ1n) is 5.25. The van der Waals surface area contributed by atoms with Gasteiger partial charge < -0.3 is 0 Å². The molecule has 0 saturated heterocycles. The van der Waals surface area contributed by atoms with Crippen LogP contribution in [0.25, 0.3) is 20.9 Å². The van der Waals surface area contributed by atoms with Crippen LogP contribution in [-0.4, -0.2) is 0 Å². The second-order valence-corrected chi connectivity index (χ2v) is 5.36. The van der Waals surface area contributed by atoms with Crippen LogP contribution >= 0.6 is 11.3 Å². The Morgan fingerprint density at radius 2 is 1.26 bits per heavy atom. The summed E-state index contributed by atoms with van der Waals surface area (Å²) in [4.78, 5) is 0. The van der Waals surface area contributed by atoms with E-state index in [-0.39, 0.29) is 0 Å². The fourth-order valence-corrected chi connectivity index (χ4v) is 2.69. The summed E-state index contributed by atoms with van der Waals surface area (Å²) >= 11 is 1.81. The number of hydrogen-bond acceptors (Lipinski definition) is 4. The van der Waals surface area contributed by atoms with Gasteiger partial charge in [0.2, 0.25) is 21.4 Å². The zero-order valence-corrected chi connectivity index (χ0v) is 11.2. The molecule has 1 heterocycles. The highest BCUT2D eigenvalue weighted by molar-refractivity contribution is 7.17. The molecular formula is C13H9ClO4S. The van der Waals surface area contributed by atoms with Gasteiger partial charge >= 0.3 is 0 Å². The van der Waals surface area contributed by atoms with Crippen molar-refractivity contribution < 1.29 is 28.9 Å². The van der Waals surface area contributed by atoms with E-state index in [0.717, 1.165) is 0 Å². The Bertz CT molecular complexity index is 636. The van der Waals surface area contributed by atoms with Crippen molar-refractivity contribution in [2.45, 2.75) is 0 Å². The highest BCUT2D eigenvalue weighted by Gasteiger charge is 2.07. The van der Waals surface area contributed by atoms with Gasteiger partial charge in [0.15, 0.2) is 0 Å². The maximum Gasteiger partial charge on any atom is 0.238 e. The van der Waals surface area contributed by atoms with Gasteiger partial charge in [-0.1, -0.05) is 30.3 Å². The third-order valence-corrected chi connectivity index (χ3v) is 3.43. The highest BCUT2D eigenvalue weighted by atomic mass is 35.7. The SMILES string of the molecule is [O-][Cl+3]([O-])([O-])[O-].c1ccc2c(c1)c[s+]c1ccccc12. The molecule has 3 rings (SSSR count). The van der Waals surface area contributed by atoms with E-state index in [4.69, 9.17) is 18.6 Å². The first-order chi connectivity index (χ1) is 8.95. The number of hydrogen-bond donors (Lipinski definition) is 0. The highest BCUT2D eigenvalue weighted by Crippen LogP contribution is 2.27. The number of rotatable bonds is 0. The number of halogens is 1. The van der Waals surface area contributed by atoms with Crippen molar-refractivity contribution in [2.24, 2.45) is 0 Å². The lowest BCUT2D eigenvalue weighted by Crippen LogP contribution is -2.68. The minimum Gasteiger partial charge on any atom is -0.222 e. The van der Waals surface area contributed by atoms with E-state index in [2.05, 4.69) is 53.9 Å². The second kappa shape index (κ2) is 5.75. The van der Waals surface area contributed by atoms with Gasteiger partial charge in [-0.25, -0.2) is 18.6 Å². The average molecular weight is 297 g/mol. The van der Waals surface area contributed by atoms with E-state index in [0.29, 0.717) is 0 Å². The van der Waals surface area contributed by atoms with E-state index in [1.807, 2.05) is 0 Å². The van der Waals surface area contributed by atoms with E-state index in [9.17, 15) is 0 Å². The molecule has 0 aliphatic heterocycles. The maximum atomic E-state index is 8.49. The van der Waals surface area contributed by atoms with Crippen LogP contribution in [0.5, 0.6) is 0 Å². The molecule has 4 nitrogen and oxygen atoms in total. The summed E-state index contributed by atoms with van der Waals surface area (Å²) in [5, 5.41) is 6.26. The fourth-order valence-electron chi connectivity index (χ4n) is 1.76. The first-order valence-corrected chi connectivity index (χ1v) is 7.36. The zero-order valence-electron chi connectivity index (χ0n) is 9.62. The van der Waals surface area contributed by atoms with Gasteiger partial charge in [0.25, 0.3) is 0 Å². The first kappa shape index (κ1) is 14.1. The van der Waals surface area contributed by atoms with Crippen LogP contribution in [0.15, 0.2) is 53.9 Å². The van der Waals surface area contributed by atoms with Crippen molar-refractivity contribution in [3.05, 3.63) is 53.9 Å². The molecule has 0 atom stereocenters. The Morgan fingerprint density at radius 3 is 1.95 bits per heavy atom. The summed E-state index contributed by atoms with van der Waals surface area (Å²) in [7, 11) is -4.94. The van der Waals surface area contributed by atoms with Crippen LogP contribution in [-0.2, 0) is 0 Å². The Balaban J connectivity index is 0.000000232. The van der Waals surface area contributed by atoms with Gasteiger partial charge in [-0.15, -0.1) is 10.2 Å². The van der Waals surface area contributed by atoms with Crippen LogP contribution in [0.2, 0.25) is 0 Å². The predicted octanol–water partition coefficient (Wildman–Crippen LogP) is -0.420. The van der Waals surface area contributed by atoms with Crippen LogP contribution in [0, 0.1) is 10.2 Å². The van der Waals surface area contributed by atoms with E-state index < -0.39 is 10.2 Å². The quantitative estimate of drug-likeness (QED) is 0.416. The monoisotopic (exact) mass is 296 g/mol. The molecule has 0 saturated carbocycles. The molecule has 0 aliphatic rings. The molecular weight excluding hydrogens is 288 g/mol. The van der Waals surface area contributed by atoms with Gasteiger partial charge in [0.1, 0.15) is 0 Å². The van der Waals surface area contributed by atoms with Crippen molar-refractivity contribution >= 4 is 32.2 Å². The molecule has 0 fully saturated rings. The fraction of sp³-hybridized carbons (Fsp3) is 0. The van der Waals surface area contributed by atoms with Crippen LogP contribution < -0.4 is 18.6 Å². The van der Waals surface area contributed by atoms with Gasteiger partial charge in [0, 0.05) is 16.8 Å². The molecule has 0 aliphatic carbocycles. The maximum absolute atomic E-state index is 8.49. The average Bonchev–Trinajstić information content (AvgIpc) is 2.37. The van der Waals surface area contributed by atoms with Crippen molar-refractivity contribution in [1.82, 2.24) is 0 Å². The van der Waals surface area contributed by atoms with Crippen LogP contribution in [0.1, 0.15) is 0 Å². The van der Waals surface area contributed by atoms with E-state index in [1.54, 1.807) is 11.3 Å². The topological polar surface area (TPSA) is 92.2 Å². The Morgan fingerprint density at radius 1 is 0.737 bits per heavy atom. The molecule has 19 heavy (non-hydrogen) atoms. The van der Waals surface area contributed by atoms with Crippen molar-refractivity contribution in [3.63, 3.8) is 0 Å². The number of fused-ring (bicyclic) bond motifs is 3. The minimum absolute atomic E-state index is 1.33. The lowest BCUT2D eigenvalue weighted by Gasteiger charge is -2.17. The molecule has 0 radical (unpaired) electrons. The van der Waals surface area contributed by atoms with E-state index >= 15 is 0 Å². The molecule has 98 valence electrons. The number of benzene rings is 2. The van der Waals surface area contributed by atoms with Gasteiger partial charge in [-0.2, -0.15) is 0 Å². The van der Waals surface area contributed by atoms with Crippen LogP contribution in [0.3, 0.4) is 0 Å². The summed E-state index contributed by atoms with van der Waals surface area (Å²) in [5.41, 5.74) is 0. The summed E-state index contributed by atoms with van der Waals surface area (Å²) in [6.07, 6.45) is 0. The molecule has 0 spiro atoms. The molecule has 0 bridgehead atoms. The van der Waals surface area contributed by atoms with Crippen molar-refractivity contribution in [2.75, 3.05) is 0 Å². The smallest absolute Gasteiger partial charge is 0.222 e. The molecule has 1 aromatic heterocycles. The van der Waals surface area contributed by atoms with Crippen molar-refractivity contribution in [1.29, 1.82) is 0 Å². The molecule has 0 N–H and O–H groups in total. The Labute approximate surface area is 115 Å². The zero-order chi connectivity index (χ0) is 13.9. The van der Waals surface area contributed by atoms with Gasteiger partial charge in [-0.05, 0) is 17.5 Å². The molecule has 2 aromatic carbocycles. The third kappa shape index (κ3) is 4.07. The lowest BCUT2D eigenvalue weighted by atomic mass is 10.1. The largest absolute Gasteiger partial charge is 0.238 e. The van der Waals surface area contributed by atoms with Crippen LogP contribution in [0.4, 0.5) is 0 Å². The Hall–Kier alpha value is -1.34.